The number of fused-ring (bicyclic) bond motifs is 1. The maximum absolute atomic E-state index is 13.4. The van der Waals surface area contributed by atoms with E-state index in [2.05, 4.69) is 32.0 Å². The van der Waals surface area contributed by atoms with Crippen molar-refractivity contribution in [1.29, 1.82) is 5.26 Å². The van der Waals surface area contributed by atoms with E-state index in [1.54, 1.807) is 36.4 Å². The summed E-state index contributed by atoms with van der Waals surface area (Å²) in [6.45, 7) is 0.323. The van der Waals surface area contributed by atoms with Crippen LogP contribution in [0.1, 0.15) is 17.0 Å². The Morgan fingerprint density at radius 1 is 1.16 bits per heavy atom. The van der Waals surface area contributed by atoms with Gasteiger partial charge in [-0.3, -0.25) is 0 Å². The van der Waals surface area contributed by atoms with E-state index in [-0.39, 0.29) is 11.4 Å². The van der Waals surface area contributed by atoms with Gasteiger partial charge < -0.3 is 9.72 Å². The number of allylic oxidation sites excluding steroid dienone is 1. The highest BCUT2D eigenvalue weighted by Gasteiger charge is 2.12. The molecule has 0 unspecified atom stereocenters. The number of benzene rings is 3. The molecular weight excluding hydrogens is 504 g/mol. The van der Waals surface area contributed by atoms with Gasteiger partial charge in [0.05, 0.1) is 26.1 Å². The van der Waals surface area contributed by atoms with Crippen molar-refractivity contribution in [2.24, 2.45) is 0 Å². The summed E-state index contributed by atoms with van der Waals surface area (Å²) in [6.07, 6.45) is 1.65. The van der Waals surface area contributed by atoms with Crippen LogP contribution in [0.4, 0.5) is 4.39 Å². The van der Waals surface area contributed by atoms with Crippen LogP contribution in [-0.2, 0) is 6.61 Å². The molecule has 0 aliphatic heterocycles. The van der Waals surface area contributed by atoms with Crippen LogP contribution in [-0.4, -0.2) is 9.97 Å². The van der Waals surface area contributed by atoms with Gasteiger partial charge in [-0.15, -0.1) is 0 Å². The molecule has 4 rings (SSSR count). The Labute approximate surface area is 196 Å². The minimum atomic E-state index is -0.380. The molecule has 0 saturated heterocycles. The monoisotopic (exact) mass is 515 g/mol. The summed E-state index contributed by atoms with van der Waals surface area (Å²) >= 11 is 15.8. The van der Waals surface area contributed by atoms with Gasteiger partial charge in [-0.05, 0) is 75.6 Å². The van der Waals surface area contributed by atoms with E-state index in [4.69, 9.17) is 27.9 Å². The van der Waals surface area contributed by atoms with Crippen LogP contribution in [0.25, 0.3) is 22.7 Å². The number of halogens is 4. The molecule has 3 aromatic carbocycles. The first-order chi connectivity index (χ1) is 14.9. The molecule has 0 spiro atoms. The Kier molecular flexibility index (Phi) is 6.28. The van der Waals surface area contributed by atoms with Gasteiger partial charge in [-0.1, -0.05) is 35.3 Å². The molecule has 8 heteroatoms. The minimum absolute atomic E-state index is 0.286. The second-order valence-electron chi connectivity index (χ2n) is 6.65. The number of H-pyrrole nitrogens is 1. The molecule has 0 amide bonds. The first kappa shape index (κ1) is 21.4. The van der Waals surface area contributed by atoms with Gasteiger partial charge in [0, 0.05) is 5.02 Å². The van der Waals surface area contributed by atoms with E-state index in [9.17, 15) is 9.65 Å². The second kappa shape index (κ2) is 9.11. The third kappa shape index (κ3) is 4.91. The maximum atomic E-state index is 13.4. The first-order valence-electron chi connectivity index (χ1n) is 9.06. The van der Waals surface area contributed by atoms with Crippen LogP contribution < -0.4 is 4.74 Å². The fourth-order valence-electron chi connectivity index (χ4n) is 2.97. The number of hydrogen-bond donors (Lipinski definition) is 1. The predicted molar refractivity (Wildman–Crippen MR) is 124 cm³/mol. The lowest BCUT2D eigenvalue weighted by molar-refractivity contribution is 0.304. The average Bonchev–Trinajstić information content (AvgIpc) is 3.15. The predicted octanol–water partition coefficient (Wildman–Crippen LogP) is 7.41. The lowest BCUT2D eigenvalue weighted by Gasteiger charge is -2.11. The smallest absolute Gasteiger partial charge is 0.152 e. The highest BCUT2D eigenvalue weighted by Crippen LogP contribution is 2.36. The van der Waals surface area contributed by atoms with Crippen LogP contribution >= 0.6 is 39.1 Å². The summed E-state index contributed by atoms with van der Waals surface area (Å²) in [4.78, 5) is 7.33. The molecule has 0 bridgehead atoms. The largest absolute Gasteiger partial charge is 0.486 e. The van der Waals surface area contributed by atoms with Crippen LogP contribution in [0, 0.1) is 17.1 Å². The zero-order valence-corrected chi connectivity index (χ0v) is 18.9. The van der Waals surface area contributed by atoms with Crippen molar-refractivity contribution >= 4 is 61.8 Å². The van der Waals surface area contributed by atoms with Crippen molar-refractivity contribution < 1.29 is 9.13 Å². The molecule has 4 aromatic rings. The van der Waals surface area contributed by atoms with E-state index in [0.717, 1.165) is 5.56 Å². The van der Waals surface area contributed by atoms with Gasteiger partial charge in [0.25, 0.3) is 0 Å². The number of nitrogens with zero attached hydrogens (tertiary/aromatic N) is 2. The Bertz CT molecular complexity index is 1320. The summed E-state index contributed by atoms with van der Waals surface area (Å²) in [5.41, 5.74) is 3.00. The van der Waals surface area contributed by atoms with Gasteiger partial charge in [-0.25, -0.2) is 9.37 Å². The highest BCUT2D eigenvalue weighted by molar-refractivity contribution is 9.10. The molecule has 4 nitrogen and oxygen atoms in total. The lowest BCUT2D eigenvalue weighted by Crippen LogP contribution is -1.97. The maximum Gasteiger partial charge on any atom is 0.152 e. The van der Waals surface area contributed by atoms with Crippen molar-refractivity contribution in [1.82, 2.24) is 9.97 Å². The molecule has 1 aromatic heterocycles. The molecule has 0 radical (unpaired) electrons. The Morgan fingerprint density at radius 2 is 1.94 bits per heavy atom. The fourth-order valence-corrected chi connectivity index (χ4v) is 4.08. The van der Waals surface area contributed by atoms with Crippen LogP contribution in [0.3, 0.4) is 0 Å². The van der Waals surface area contributed by atoms with Gasteiger partial charge in [0.2, 0.25) is 0 Å². The van der Waals surface area contributed by atoms with Gasteiger partial charge in [0.1, 0.15) is 24.3 Å². The van der Waals surface area contributed by atoms with E-state index < -0.39 is 0 Å². The zero-order chi connectivity index (χ0) is 22.0. The second-order valence-corrected chi connectivity index (χ2v) is 8.34. The number of ether oxygens (including phenoxy) is 1. The lowest BCUT2D eigenvalue weighted by atomic mass is 10.1. The Hall–Kier alpha value is -2.85. The Morgan fingerprint density at radius 3 is 2.65 bits per heavy atom. The van der Waals surface area contributed by atoms with Crippen molar-refractivity contribution in [3.05, 3.63) is 91.9 Å². The van der Waals surface area contributed by atoms with Crippen molar-refractivity contribution in [2.45, 2.75) is 6.61 Å². The molecule has 0 atom stereocenters. The number of aromatic amines is 1. The third-order valence-electron chi connectivity index (χ3n) is 4.45. The number of rotatable bonds is 5. The molecular formula is C23H13BrCl2FN3O. The normalized spacial score (nSPS) is 11.5. The Balaban J connectivity index is 1.60. The molecule has 1 heterocycles. The highest BCUT2D eigenvalue weighted by atomic mass is 79.9. The average molecular weight is 517 g/mol. The topological polar surface area (TPSA) is 61.7 Å². The molecule has 1 N–H and O–H groups in total. The third-order valence-corrected chi connectivity index (χ3v) is 5.57. The number of imidazole rings is 1. The molecule has 0 fully saturated rings. The van der Waals surface area contributed by atoms with Crippen molar-refractivity contribution in [3.63, 3.8) is 0 Å². The summed E-state index contributed by atoms with van der Waals surface area (Å²) in [7, 11) is 0. The van der Waals surface area contributed by atoms with Gasteiger partial charge >= 0.3 is 0 Å². The van der Waals surface area contributed by atoms with Crippen LogP contribution in [0.15, 0.2) is 59.1 Å². The van der Waals surface area contributed by atoms with Crippen molar-refractivity contribution in [3.8, 4) is 11.8 Å². The summed E-state index contributed by atoms with van der Waals surface area (Å²) in [5, 5.41) is 10.7. The number of nitriles is 1. The van der Waals surface area contributed by atoms with E-state index in [1.807, 2.05) is 12.1 Å². The van der Waals surface area contributed by atoms with Gasteiger partial charge in [0.15, 0.2) is 5.75 Å². The number of nitrogens with one attached hydrogen (secondary N) is 1. The molecule has 0 saturated carbocycles. The van der Waals surface area contributed by atoms with E-state index >= 15 is 0 Å². The van der Waals surface area contributed by atoms with Gasteiger partial charge in [-0.2, -0.15) is 5.26 Å². The fraction of sp³-hybridized carbons (Fsp3) is 0.0435. The van der Waals surface area contributed by atoms with E-state index in [0.29, 0.717) is 49.3 Å². The summed E-state index contributed by atoms with van der Waals surface area (Å²) in [6, 6.07) is 17.2. The number of hydrogen-bond acceptors (Lipinski definition) is 3. The SMILES string of the molecule is N#C/C(=C/c1cc(Cl)c(OCc2ccc(Cl)cc2)c(Br)c1)c1nc2ccc(F)cc2[nH]1. The molecule has 31 heavy (non-hydrogen) atoms. The van der Waals surface area contributed by atoms with Crippen LogP contribution in [0.2, 0.25) is 10.0 Å². The molecule has 154 valence electrons. The summed E-state index contributed by atoms with van der Waals surface area (Å²) in [5.74, 6) is 0.458. The van der Waals surface area contributed by atoms with E-state index in [1.165, 1.54) is 12.1 Å². The van der Waals surface area contributed by atoms with Crippen molar-refractivity contribution in [2.75, 3.05) is 0 Å². The summed E-state index contributed by atoms with van der Waals surface area (Å²) < 4.78 is 19.9. The molecule has 0 aliphatic rings. The standard InChI is InChI=1S/C23H13BrCl2FN3O/c24-18-8-14(9-19(26)22(18)31-12-13-1-3-16(25)4-2-13)7-15(11-28)23-29-20-6-5-17(27)10-21(20)30-23/h1-10H,12H2,(H,29,30)/b15-7-. The zero-order valence-electron chi connectivity index (χ0n) is 15.8. The number of aromatic nitrogens is 2. The quantitative estimate of drug-likeness (QED) is 0.281. The minimum Gasteiger partial charge on any atom is -0.486 e. The first-order valence-corrected chi connectivity index (χ1v) is 10.6. The molecule has 0 aliphatic carbocycles. The van der Waals surface area contributed by atoms with Crippen LogP contribution in [0.5, 0.6) is 5.75 Å².